The Bertz CT molecular complexity index is 837. The summed E-state index contributed by atoms with van der Waals surface area (Å²) in [5.41, 5.74) is 8.75. The predicted octanol–water partition coefficient (Wildman–Crippen LogP) is 5.22. The highest BCUT2D eigenvalue weighted by Crippen LogP contribution is 2.33. The number of hydrogen-bond acceptors (Lipinski definition) is 3. The predicted molar refractivity (Wildman–Crippen MR) is 91.2 cm³/mol. The third kappa shape index (κ3) is 2.87. The van der Waals surface area contributed by atoms with Crippen molar-refractivity contribution in [2.45, 2.75) is 0 Å². The van der Waals surface area contributed by atoms with E-state index in [1.165, 1.54) is 12.1 Å². The number of hydrogen-bond donors (Lipinski definition) is 2. The molecule has 0 saturated carbocycles. The molecule has 1 heterocycles. The maximum atomic E-state index is 13.4. The molecule has 0 bridgehead atoms. The van der Waals surface area contributed by atoms with E-state index < -0.39 is 0 Å². The van der Waals surface area contributed by atoms with Crippen molar-refractivity contribution < 1.29 is 4.39 Å². The van der Waals surface area contributed by atoms with Crippen LogP contribution < -0.4 is 11.1 Å². The molecule has 2 aromatic carbocycles. The van der Waals surface area contributed by atoms with E-state index in [0.29, 0.717) is 11.4 Å². The van der Waals surface area contributed by atoms with Crippen LogP contribution in [-0.2, 0) is 0 Å². The first kappa shape index (κ1) is 14.3. The Morgan fingerprint density at radius 1 is 1.05 bits per heavy atom. The Balaban J connectivity index is 2.13. The van der Waals surface area contributed by atoms with E-state index in [1.54, 1.807) is 18.3 Å². The maximum absolute atomic E-state index is 13.4. The van der Waals surface area contributed by atoms with Gasteiger partial charge in [0.05, 0.1) is 16.9 Å². The highest BCUT2D eigenvalue weighted by molar-refractivity contribution is 9.10. The normalized spacial score (nSPS) is 10.8. The zero-order valence-corrected chi connectivity index (χ0v) is 13.9. The fourth-order valence-electron chi connectivity index (χ4n) is 2.06. The number of nitrogens with one attached hydrogen (secondary N) is 1. The number of nitrogens with zero attached hydrogens (tertiary/aromatic N) is 1. The first-order chi connectivity index (χ1) is 10.0. The SMILES string of the molecule is Nc1ccc(Nc2cc(F)ccc2Br)c2ncc(Br)cc12. The van der Waals surface area contributed by atoms with Crippen LogP contribution in [0, 0.1) is 5.82 Å². The number of nitrogen functional groups attached to an aromatic ring is 1. The number of pyridine rings is 1. The Hall–Kier alpha value is -1.66. The number of rotatable bonds is 2. The summed E-state index contributed by atoms with van der Waals surface area (Å²) in [4.78, 5) is 4.39. The van der Waals surface area contributed by atoms with Gasteiger partial charge in [0.25, 0.3) is 0 Å². The lowest BCUT2D eigenvalue weighted by Gasteiger charge is -2.12. The molecule has 3 N–H and O–H groups in total. The van der Waals surface area contributed by atoms with E-state index in [-0.39, 0.29) is 5.82 Å². The molecule has 6 heteroatoms. The topological polar surface area (TPSA) is 50.9 Å². The summed E-state index contributed by atoms with van der Waals surface area (Å²) in [6, 6.07) is 10.0. The largest absolute Gasteiger partial charge is 0.398 e. The number of nitrogens with two attached hydrogens (primary N) is 1. The Morgan fingerprint density at radius 3 is 2.67 bits per heavy atom. The molecule has 21 heavy (non-hydrogen) atoms. The minimum absolute atomic E-state index is 0.309. The van der Waals surface area contributed by atoms with E-state index in [1.807, 2.05) is 12.1 Å². The molecular weight excluding hydrogens is 401 g/mol. The minimum atomic E-state index is -0.309. The quantitative estimate of drug-likeness (QED) is 0.569. The number of benzene rings is 2. The lowest BCUT2D eigenvalue weighted by Crippen LogP contribution is -1.97. The zero-order valence-electron chi connectivity index (χ0n) is 10.7. The van der Waals surface area contributed by atoms with Gasteiger partial charge in [-0.05, 0) is 68.3 Å². The lowest BCUT2D eigenvalue weighted by atomic mass is 10.1. The summed E-state index contributed by atoms with van der Waals surface area (Å²) >= 11 is 6.78. The summed E-state index contributed by atoms with van der Waals surface area (Å²) in [6.45, 7) is 0. The molecular formula is C15H10Br2FN3. The first-order valence-electron chi connectivity index (χ1n) is 6.10. The van der Waals surface area contributed by atoms with Crippen molar-refractivity contribution in [1.29, 1.82) is 0 Å². The van der Waals surface area contributed by atoms with Crippen LogP contribution in [0.25, 0.3) is 10.9 Å². The van der Waals surface area contributed by atoms with Crippen LogP contribution >= 0.6 is 31.9 Å². The Labute approximate surface area is 137 Å². The van der Waals surface area contributed by atoms with Gasteiger partial charge in [0.1, 0.15) is 5.82 Å². The molecule has 0 aliphatic rings. The van der Waals surface area contributed by atoms with Crippen LogP contribution in [0.3, 0.4) is 0 Å². The molecule has 0 atom stereocenters. The summed E-state index contributed by atoms with van der Waals surface area (Å²) in [5, 5.41) is 4.02. The van der Waals surface area contributed by atoms with Crippen LogP contribution in [-0.4, -0.2) is 4.98 Å². The van der Waals surface area contributed by atoms with Crippen molar-refractivity contribution in [3.63, 3.8) is 0 Å². The molecule has 3 rings (SSSR count). The fraction of sp³-hybridized carbons (Fsp3) is 0. The van der Waals surface area contributed by atoms with Gasteiger partial charge in [-0.15, -0.1) is 0 Å². The van der Waals surface area contributed by atoms with Gasteiger partial charge in [-0.25, -0.2) is 4.39 Å². The molecule has 0 unspecified atom stereocenters. The molecule has 0 fully saturated rings. The third-order valence-corrected chi connectivity index (χ3v) is 4.17. The number of anilines is 3. The number of aromatic nitrogens is 1. The molecule has 0 spiro atoms. The van der Waals surface area contributed by atoms with Gasteiger partial charge in [0.2, 0.25) is 0 Å². The molecule has 1 aromatic heterocycles. The summed E-state index contributed by atoms with van der Waals surface area (Å²) in [7, 11) is 0. The zero-order chi connectivity index (χ0) is 15.0. The fourth-order valence-corrected chi connectivity index (χ4v) is 2.73. The van der Waals surface area contributed by atoms with Crippen LogP contribution in [0.5, 0.6) is 0 Å². The highest BCUT2D eigenvalue weighted by Gasteiger charge is 2.09. The standard InChI is InChI=1S/C15H10Br2FN3/c16-8-5-10-12(19)3-4-13(15(10)20-7-8)21-14-6-9(18)1-2-11(14)17/h1-7,21H,19H2. The summed E-state index contributed by atoms with van der Waals surface area (Å²) < 4.78 is 15.0. The number of halogens is 3. The average Bonchev–Trinajstić information content (AvgIpc) is 2.46. The monoisotopic (exact) mass is 409 g/mol. The number of fused-ring (bicyclic) bond motifs is 1. The van der Waals surface area contributed by atoms with E-state index in [2.05, 4.69) is 42.2 Å². The van der Waals surface area contributed by atoms with Crippen molar-refractivity contribution in [3.05, 3.63) is 57.4 Å². The molecule has 106 valence electrons. The van der Waals surface area contributed by atoms with Gasteiger partial charge < -0.3 is 11.1 Å². The highest BCUT2D eigenvalue weighted by atomic mass is 79.9. The van der Waals surface area contributed by atoms with Gasteiger partial charge in [0, 0.05) is 26.2 Å². The minimum Gasteiger partial charge on any atom is -0.398 e. The van der Waals surface area contributed by atoms with Gasteiger partial charge in [-0.1, -0.05) is 0 Å². The second kappa shape index (κ2) is 5.61. The average molecular weight is 411 g/mol. The van der Waals surface area contributed by atoms with Crippen LogP contribution in [0.2, 0.25) is 0 Å². The Kier molecular flexibility index (Phi) is 3.82. The molecule has 0 aliphatic carbocycles. The van der Waals surface area contributed by atoms with Gasteiger partial charge in [-0.3, -0.25) is 4.98 Å². The maximum Gasteiger partial charge on any atom is 0.125 e. The lowest BCUT2D eigenvalue weighted by molar-refractivity contribution is 0.628. The van der Waals surface area contributed by atoms with Gasteiger partial charge >= 0.3 is 0 Å². The molecule has 3 aromatic rings. The van der Waals surface area contributed by atoms with E-state index in [9.17, 15) is 4.39 Å². The molecule has 0 saturated heterocycles. The van der Waals surface area contributed by atoms with Crippen LogP contribution in [0.4, 0.5) is 21.5 Å². The summed E-state index contributed by atoms with van der Waals surface area (Å²) in [5.74, 6) is -0.309. The van der Waals surface area contributed by atoms with Crippen molar-refractivity contribution >= 4 is 59.8 Å². The van der Waals surface area contributed by atoms with E-state index in [0.717, 1.165) is 25.5 Å². The molecule has 0 radical (unpaired) electrons. The van der Waals surface area contributed by atoms with E-state index in [4.69, 9.17) is 5.73 Å². The van der Waals surface area contributed by atoms with E-state index >= 15 is 0 Å². The van der Waals surface area contributed by atoms with Crippen molar-refractivity contribution in [1.82, 2.24) is 4.98 Å². The van der Waals surface area contributed by atoms with Crippen LogP contribution in [0.15, 0.2) is 51.5 Å². The van der Waals surface area contributed by atoms with Crippen LogP contribution in [0.1, 0.15) is 0 Å². The van der Waals surface area contributed by atoms with Crippen molar-refractivity contribution in [3.8, 4) is 0 Å². The Morgan fingerprint density at radius 2 is 1.86 bits per heavy atom. The van der Waals surface area contributed by atoms with Crippen molar-refractivity contribution in [2.24, 2.45) is 0 Å². The third-order valence-electron chi connectivity index (χ3n) is 3.05. The summed E-state index contributed by atoms with van der Waals surface area (Å²) in [6.07, 6.45) is 1.70. The first-order valence-corrected chi connectivity index (χ1v) is 7.69. The second-order valence-electron chi connectivity index (χ2n) is 4.50. The van der Waals surface area contributed by atoms with Gasteiger partial charge in [0.15, 0.2) is 0 Å². The van der Waals surface area contributed by atoms with Gasteiger partial charge in [-0.2, -0.15) is 0 Å². The molecule has 0 amide bonds. The molecule has 0 aliphatic heterocycles. The second-order valence-corrected chi connectivity index (χ2v) is 6.27. The smallest absolute Gasteiger partial charge is 0.125 e. The van der Waals surface area contributed by atoms with Crippen molar-refractivity contribution in [2.75, 3.05) is 11.1 Å². The molecule has 3 nitrogen and oxygen atoms in total.